The van der Waals surface area contributed by atoms with Crippen LogP contribution in [0, 0.1) is 11.8 Å². The van der Waals surface area contributed by atoms with Gasteiger partial charge in [-0.3, -0.25) is 19.2 Å². The molecule has 0 saturated carbocycles. The molecular formula is C31H34ClNO10S. The van der Waals surface area contributed by atoms with Gasteiger partial charge in [0.05, 0.1) is 49.2 Å². The molecule has 2 N–H and O–H groups in total. The van der Waals surface area contributed by atoms with E-state index in [1.165, 1.54) is 39.4 Å². The zero-order valence-corrected chi connectivity index (χ0v) is 26.4. The fraction of sp³-hybridized carbons (Fsp3) is 0.419. The second-order valence-corrected chi connectivity index (χ2v) is 12.1. The van der Waals surface area contributed by atoms with Crippen molar-refractivity contribution < 1.29 is 48.3 Å². The maximum absolute atomic E-state index is 12.7. The number of Topliss-reactive ketones (excluding diaryl/α,β-unsaturated/α-hetero) is 1. The molecule has 1 aliphatic rings. The number of carbonyl (C=O) groups excluding carboxylic acids is 2. The van der Waals surface area contributed by atoms with E-state index in [9.17, 15) is 19.2 Å². The van der Waals surface area contributed by atoms with E-state index in [1.54, 1.807) is 29.2 Å². The van der Waals surface area contributed by atoms with E-state index in [0.29, 0.717) is 45.9 Å². The van der Waals surface area contributed by atoms with Crippen LogP contribution < -0.4 is 18.9 Å². The number of benzene rings is 2. The number of halogens is 1. The van der Waals surface area contributed by atoms with Crippen molar-refractivity contribution in [2.45, 2.75) is 46.2 Å². The van der Waals surface area contributed by atoms with Crippen LogP contribution in [0.15, 0.2) is 24.3 Å². The Morgan fingerprint density at radius 3 is 2.20 bits per heavy atom. The predicted octanol–water partition coefficient (Wildman–Crippen LogP) is 5.67. The first kappa shape index (κ1) is 32.9. The third kappa shape index (κ3) is 7.36. The van der Waals surface area contributed by atoms with Gasteiger partial charge in [0.25, 0.3) is 0 Å². The van der Waals surface area contributed by atoms with Crippen molar-refractivity contribution in [2.75, 3.05) is 27.4 Å². The molecule has 44 heavy (non-hydrogen) atoms. The maximum atomic E-state index is 12.7. The molecular weight excluding hydrogens is 614 g/mol. The topological polar surface area (TPSA) is 149 Å². The van der Waals surface area contributed by atoms with Gasteiger partial charge in [0.2, 0.25) is 5.91 Å². The van der Waals surface area contributed by atoms with Crippen molar-refractivity contribution >= 4 is 56.7 Å². The van der Waals surface area contributed by atoms with Crippen molar-refractivity contribution in [2.24, 2.45) is 11.8 Å². The molecule has 4 rings (SSSR count). The molecule has 11 nitrogen and oxygen atoms in total. The summed E-state index contributed by atoms with van der Waals surface area (Å²) in [6.45, 7) is 4.08. The Bertz CT molecular complexity index is 1590. The molecule has 3 aromatic rings. The van der Waals surface area contributed by atoms with Crippen LogP contribution in [0.4, 0.5) is 0 Å². The Kier molecular flexibility index (Phi) is 10.6. The maximum Gasteiger partial charge on any atom is 0.306 e. The molecule has 2 aromatic carbocycles. The number of ether oxygens (including phenoxy) is 4. The highest BCUT2D eigenvalue weighted by molar-refractivity contribution is 7.20. The lowest BCUT2D eigenvalue weighted by Gasteiger charge is -2.17. The number of carboxylic acids is 2. The lowest BCUT2D eigenvalue weighted by molar-refractivity contribution is -0.145. The summed E-state index contributed by atoms with van der Waals surface area (Å²) in [6.07, 6.45) is 0.303. The lowest BCUT2D eigenvalue weighted by atomic mass is 10.0. The second kappa shape index (κ2) is 14.2. The fourth-order valence-corrected chi connectivity index (χ4v) is 6.09. The zero-order chi connectivity index (χ0) is 32.1. The number of aliphatic carboxylic acids is 2. The van der Waals surface area contributed by atoms with Gasteiger partial charge in [-0.1, -0.05) is 25.4 Å². The van der Waals surface area contributed by atoms with E-state index in [2.05, 4.69) is 0 Å². The van der Waals surface area contributed by atoms with Crippen molar-refractivity contribution in [1.29, 1.82) is 0 Å². The third-order valence-corrected chi connectivity index (χ3v) is 8.89. The van der Waals surface area contributed by atoms with Gasteiger partial charge in [0, 0.05) is 43.1 Å². The molecule has 0 bridgehead atoms. The van der Waals surface area contributed by atoms with E-state index in [-0.39, 0.29) is 44.3 Å². The van der Waals surface area contributed by atoms with Crippen molar-refractivity contribution in [3.8, 4) is 23.0 Å². The molecule has 13 heteroatoms. The fourth-order valence-electron chi connectivity index (χ4n) is 4.74. The molecule has 0 radical (unpaired) electrons. The predicted molar refractivity (Wildman–Crippen MR) is 163 cm³/mol. The van der Waals surface area contributed by atoms with Gasteiger partial charge in [0.15, 0.2) is 28.8 Å². The highest BCUT2D eigenvalue weighted by Crippen LogP contribution is 2.43. The lowest BCUT2D eigenvalue weighted by Crippen LogP contribution is -2.28. The monoisotopic (exact) mass is 647 g/mol. The summed E-state index contributed by atoms with van der Waals surface area (Å²) in [5.41, 5.74) is 1.55. The summed E-state index contributed by atoms with van der Waals surface area (Å²) in [7, 11) is 3.02. The van der Waals surface area contributed by atoms with Crippen molar-refractivity contribution in [3.63, 3.8) is 0 Å². The van der Waals surface area contributed by atoms with Crippen molar-refractivity contribution in [1.82, 2.24) is 4.90 Å². The number of hydrogen-bond acceptors (Lipinski definition) is 9. The highest BCUT2D eigenvalue weighted by Gasteiger charge is 2.30. The van der Waals surface area contributed by atoms with Crippen LogP contribution in [-0.2, 0) is 27.5 Å². The summed E-state index contributed by atoms with van der Waals surface area (Å²) < 4.78 is 23.8. The average molecular weight is 648 g/mol. The minimum absolute atomic E-state index is 0.0792. The summed E-state index contributed by atoms with van der Waals surface area (Å²) in [5, 5.41) is 19.4. The van der Waals surface area contributed by atoms with Gasteiger partial charge >= 0.3 is 11.9 Å². The Hall–Kier alpha value is -4.03. The van der Waals surface area contributed by atoms with E-state index in [4.69, 9.17) is 40.8 Å². The number of carbonyl (C=O) groups is 4. The molecule has 2 heterocycles. The average Bonchev–Trinajstić information content (AvgIpc) is 3.61. The summed E-state index contributed by atoms with van der Waals surface area (Å²) in [4.78, 5) is 49.6. The van der Waals surface area contributed by atoms with Gasteiger partial charge in [-0.05, 0) is 34.7 Å². The van der Waals surface area contributed by atoms with E-state index >= 15 is 0 Å². The number of nitrogens with zero attached hydrogens (tertiary/aromatic N) is 1. The minimum Gasteiger partial charge on any atom is -0.493 e. The van der Waals surface area contributed by atoms with Crippen molar-refractivity contribution in [3.05, 3.63) is 45.3 Å². The first-order valence-corrected chi connectivity index (χ1v) is 15.1. The molecule has 0 spiro atoms. The van der Waals surface area contributed by atoms with Crippen LogP contribution in [0.2, 0.25) is 5.02 Å². The number of carboxylic acid groups (broad SMARTS) is 2. The molecule has 0 saturated heterocycles. The van der Waals surface area contributed by atoms with Gasteiger partial charge in [0.1, 0.15) is 0 Å². The standard InChI is InChI=1S/C31H34ClNO10S/c1-16(30(36)37)8-21(34)26-12-18-10-23(22(40-3)13-25(18)44-26)42-6-5-7-43-29-24(41-4)11-19-14-33(15-20(19)28(29)32)27(35)9-17(2)31(38)39/h10-13,16-17H,5-9,14-15H2,1-4H3,(H,36,37)(H,38,39). The SMILES string of the molecule is COc1cc2sc(C(=O)CC(C)C(=O)O)cc2cc1OCCCOc1c(OC)cc2c(c1Cl)CN(C(=O)CC(C)C(=O)O)C2. The van der Waals surface area contributed by atoms with Crippen LogP contribution in [0.1, 0.15) is 53.9 Å². The summed E-state index contributed by atoms with van der Waals surface area (Å²) in [5.74, 6) is -2.32. The molecule has 0 fully saturated rings. The zero-order valence-electron chi connectivity index (χ0n) is 24.8. The quantitative estimate of drug-likeness (QED) is 0.156. The van der Waals surface area contributed by atoms with Crippen LogP contribution in [-0.4, -0.2) is 66.2 Å². The molecule has 236 valence electrons. The smallest absolute Gasteiger partial charge is 0.306 e. The molecule has 0 aliphatic carbocycles. The molecule has 2 unspecified atom stereocenters. The van der Waals surface area contributed by atoms with Crippen LogP contribution in [0.5, 0.6) is 23.0 Å². The number of ketones is 1. The number of rotatable bonds is 15. The molecule has 1 aliphatic heterocycles. The minimum atomic E-state index is -1.02. The highest BCUT2D eigenvalue weighted by atomic mass is 35.5. The summed E-state index contributed by atoms with van der Waals surface area (Å²) >= 11 is 7.98. The van der Waals surface area contributed by atoms with Crippen LogP contribution in [0.3, 0.4) is 0 Å². The third-order valence-electron chi connectivity index (χ3n) is 7.35. The number of amides is 1. The number of fused-ring (bicyclic) bond motifs is 2. The number of hydrogen-bond donors (Lipinski definition) is 2. The normalized spacial score (nSPS) is 13.7. The van der Waals surface area contributed by atoms with Crippen LogP contribution >= 0.6 is 22.9 Å². The Labute approximate surface area is 263 Å². The van der Waals surface area contributed by atoms with Gasteiger partial charge in [-0.25, -0.2) is 0 Å². The van der Waals surface area contributed by atoms with E-state index in [0.717, 1.165) is 21.2 Å². The summed E-state index contributed by atoms with van der Waals surface area (Å²) in [6, 6.07) is 7.08. The van der Waals surface area contributed by atoms with Crippen LogP contribution in [0.25, 0.3) is 10.1 Å². The first-order valence-electron chi connectivity index (χ1n) is 13.9. The molecule has 1 aromatic heterocycles. The molecule has 2 atom stereocenters. The second-order valence-electron chi connectivity index (χ2n) is 10.6. The Morgan fingerprint density at radius 2 is 1.55 bits per heavy atom. The largest absolute Gasteiger partial charge is 0.493 e. The van der Waals surface area contributed by atoms with E-state index in [1.807, 2.05) is 0 Å². The Morgan fingerprint density at radius 1 is 0.886 bits per heavy atom. The number of thiophene rings is 1. The van der Waals surface area contributed by atoms with Gasteiger partial charge < -0.3 is 34.1 Å². The Balaban J connectivity index is 1.37. The van der Waals surface area contributed by atoms with Gasteiger partial charge in [-0.2, -0.15) is 0 Å². The number of methoxy groups -OCH3 is 2. The van der Waals surface area contributed by atoms with Gasteiger partial charge in [-0.15, -0.1) is 11.3 Å². The first-order chi connectivity index (χ1) is 20.9. The molecule has 1 amide bonds. The van der Waals surface area contributed by atoms with E-state index < -0.39 is 23.8 Å².